The molecule has 166 valence electrons. The molecule has 1 saturated heterocycles. The summed E-state index contributed by atoms with van der Waals surface area (Å²) in [4.78, 5) is 15.2. The van der Waals surface area contributed by atoms with Gasteiger partial charge in [-0.3, -0.25) is 4.79 Å². The molecule has 2 aromatic carbocycles. The standard InChI is InChI=1S/C26H29N3O3/c1-6-29-23-10-8-20(26(30)28-13-15(2)31-16(3)14-28)11-22(23)21-9-7-19(12-24(21)29)25-17(4)27-32-18(25)5/h7-12,15-16H,6,13-14H2,1-5H3/t15-,16+. The number of carbonyl (C=O) groups is 1. The van der Waals surface area contributed by atoms with E-state index in [4.69, 9.17) is 9.26 Å². The van der Waals surface area contributed by atoms with Gasteiger partial charge < -0.3 is 18.7 Å². The minimum Gasteiger partial charge on any atom is -0.372 e. The highest BCUT2D eigenvalue weighted by atomic mass is 16.5. The predicted octanol–water partition coefficient (Wildman–Crippen LogP) is 5.34. The second kappa shape index (κ2) is 7.78. The number of ether oxygens (including phenoxy) is 1. The Bertz CT molecular complexity index is 1300. The topological polar surface area (TPSA) is 60.5 Å². The smallest absolute Gasteiger partial charge is 0.254 e. The van der Waals surface area contributed by atoms with Gasteiger partial charge in [0.25, 0.3) is 5.91 Å². The van der Waals surface area contributed by atoms with Gasteiger partial charge in [0.15, 0.2) is 0 Å². The number of fused-ring (bicyclic) bond motifs is 3. The first-order valence-corrected chi connectivity index (χ1v) is 11.3. The highest BCUT2D eigenvalue weighted by molar-refractivity contribution is 6.11. The Hall–Kier alpha value is -3.12. The summed E-state index contributed by atoms with van der Waals surface area (Å²) in [5.41, 5.74) is 6.05. The van der Waals surface area contributed by atoms with Gasteiger partial charge in [-0.1, -0.05) is 17.3 Å². The number of hydrogen-bond acceptors (Lipinski definition) is 4. The van der Waals surface area contributed by atoms with Crippen LogP contribution in [0.2, 0.25) is 0 Å². The second-order valence-electron chi connectivity index (χ2n) is 8.87. The Labute approximate surface area is 187 Å². The molecular weight excluding hydrogens is 402 g/mol. The zero-order chi connectivity index (χ0) is 22.6. The Morgan fingerprint density at radius 2 is 1.78 bits per heavy atom. The van der Waals surface area contributed by atoms with Gasteiger partial charge in [-0.25, -0.2) is 0 Å². The lowest BCUT2D eigenvalue weighted by Gasteiger charge is -2.35. The van der Waals surface area contributed by atoms with Crippen molar-refractivity contribution in [1.82, 2.24) is 14.6 Å². The van der Waals surface area contributed by atoms with Crippen molar-refractivity contribution in [3.63, 3.8) is 0 Å². The third-order valence-electron chi connectivity index (χ3n) is 6.46. The van der Waals surface area contributed by atoms with E-state index in [2.05, 4.69) is 40.9 Å². The molecule has 1 aliphatic rings. The van der Waals surface area contributed by atoms with Gasteiger partial charge in [0.1, 0.15) is 5.76 Å². The van der Waals surface area contributed by atoms with Gasteiger partial charge in [-0.05, 0) is 64.4 Å². The molecule has 6 heteroatoms. The van der Waals surface area contributed by atoms with E-state index in [0.717, 1.165) is 56.5 Å². The molecule has 1 fully saturated rings. The van der Waals surface area contributed by atoms with Crippen LogP contribution in [0.4, 0.5) is 0 Å². The summed E-state index contributed by atoms with van der Waals surface area (Å²) in [7, 11) is 0. The molecule has 0 aliphatic carbocycles. The average Bonchev–Trinajstić information content (AvgIpc) is 3.27. The summed E-state index contributed by atoms with van der Waals surface area (Å²) in [6.07, 6.45) is 0.104. The summed E-state index contributed by atoms with van der Waals surface area (Å²) >= 11 is 0. The van der Waals surface area contributed by atoms with E-state index >= 15 is 0 Å². The maximum Gasteiger partial charge on any atom is 0.254 e. The van der Waals surface area contributed by atoms with Crippen molar-refractivity contribution < 1.29 is 14.1 Å². The van der Waals surface area contributed by atoms with Crippen LogP contribution >= 0.6 is 0 Å². The SMILES string of the molecule is CCn1c2ccc(C(=O)N3C[C@@H](C)O[C@@H](C)C3)cc2c2ccc(-c3c(C)noc3C)cc21. The number of aromatic nitrogens is 2. The van der Waals surface area contributed by atoms with Crippen molar-refractivity contribution in [2.24, 2.45) is 0 Å². The number of benzene rings is 2. The third kappa shape index (κ3) is 3.30. The lowest BCUT2D eigenvalue weighted by atomic mass is 10.0. The summed E-state index contributed by atoms with van der Waals surface area (Å²) in [5, 5.41) is 6.36. The molecule has 0 radical (unpaired) electrons. The van der Waals surface area contributed by atoms with Gasteiger partial charge in [0.05, 0.1) is 17.9 Å². The Balaban J connectivity index is 1.62. The normalized spacial score (nSPS) is 19.2. The molecule has 0 spiro atoms. The number of aryl methyl sites for hydroxylation is 3. The van der Waals surface area contributed by atoms with E-state index in [0.29, 0.717) is 13.1 Å². The van der Waals surface area contributed by atoms with Crippen LogP contribution in [-0.2, 0) is 11.3 Å². The van der Waals surface area contributed by atoms with Crippen LogP contribution in [0, 0.1) is 13.8 Å². The number of rotatable bonds is 3. The molecule has 4 aromatic rings. The van der Waals surface area contributed by atoms with Crippen LogP contribution in [0.25, 0.3) is 32.9 Å². The summed E-state index contributed by atoms with van der Waals surface area (Å²) < 4.78 is 13.5. The Kier molecular flexibility index (Phi) is 5.05. The van der Waals surface area contributed by atoms with E-state index in [1.165, 1.54) is 0 Å². The quantitative estimate of drug-likeness (QED) is 0.440. The average molecular weight is 432 g/mol. The summed E-state index contributed by atoms with van der Waals surface area (Å²) in [6, 6.07) is 12.6. The van der Waals surface area contributed by atoms with Crippen molar-refractivity contribution in [2.45, 2.75) is 53.4 Å². The summed E-state index contributed by atoms with van der Waals surface area (Å²) in [5.74, 6) is 0.890. The number of hydrogen-bond donors (Lipinski definition) is 0. The van der Waals surface area contributed by atoms with E-state index in [-0.39, 0.29) is 18.1 Å². The van der Waals surface area contributed by atoms with Crippen molar-refractivity contribution in [3.8, 4) is 11.1 Å². The minimum atomic E-state index is 0.0520. The van der Waals surface area contributed by atoms with E-state index in [1.54, 1.807) is 0 Å². The van der Waals surface area contributed by atoms with Crippen LogP contribution < -0.4 is 0 Å². The fourth-order valence-corrected chi connectivity index (χ4v) is 5.15. The Morgan fingerprint density at radius 3 is 2.44 bits per heavy atom. The first kappa shape index (κ1) is 20.8. The second-order valence-corrected chi connectivity index (χ2v) is 8.87. The monoisotopic (exact) mass is 431 g/mol. The number of nitrogens with zero attached hydrogens (tertiary/aromatic N) is 3. The van der Waals surface area contributed by atoms with Gasteiger partial charge in [-0.2, -0.15) is 0 Å². The van der Waals surface area contributed by atoms with Gasteiger partial charge >= 0.3 is 0 Å². The first-order chi connectivity index (χ1) is 15.4. The van der Waals surface area contributed by atoms with Crippen molar-refractivity contribution in [3.05, 3.63) is 53.4 Å². The van der Waals surface area contributed by atoms with Crippen molar-refractivity contribution in [2.75, 3.05) is 13.1 Å². The maximum absolute atomic E-state index is 13.3. The highest BCUT2D eigenvalue weighted by Crippen LogP contribution is 2.35. The molecular formula is C26H29N3O3. The Morgan fingerprint density at radius 1 is 1.03 bits per heavy atom. The molecule has 2 atom stereocenters. The number of amides is 1. The molecule has 32 heavy (non-hydrogen) atoms. The molecule has 0 bridgehead atoms. The van der Waals surface area contributed by atoms with Crippen LogP contribution in [0.15, 0.2) is 40.9 Å². The van der Waals surface area contributed by atoms with E-state index < -0.39 is 0 Å². The zero-order valence-corrected chi connectivity index (χ0v) is 19.3. The molecule has 6 nitrogen and oxygen atoms in total. The van der Waals surface area contributed by atoms with E-state index in [1.807, 2.05) is 44.7 Å². The highest BCUT2D eigenvalue weighted by Gasteiger charge is 2.27. The van der Waals surface area contributed by atoms with Crippen molar-refractivity contribution >= 4 is 27.7 Å². The van der Waals surface area contributed by atoms with Gasteiger partial charge in [-0.15, -0.1) is 0 Å². The lowest BCUT2D eigenvalue weighted by molar-refractivity contribution is -0.0586. The van der Waals surface area contributed by atoms with Crippen LogP contribution in [0.5, 0.6) is 0 Å². The van der Waals surface area contributed by atoms with Crippen molar-refractivity contribution in [1.29, 1.82) is 0 Å². The molecule has 3 heterocycles. The fraction of sp³-hybridized carbons (Fsp3) is 0.385. The third-order valence-corrected chi connectivity index (χ3v) is 6.46. The first-order valence-electron chi connectivity index (χ1n) is 11.3. The van der Waals surface area contributed by atoms with E-state index in [9.17, 15) is 4.79 Å². The largest absolute Gasteiger partial charge is 0.372 e. The van der Waals surface area contributed by atoms with Gasteiger partial charge in [0, 0.05) is 52.6 Å². The predicted molar refractivity (Wildman–Crippen MR) is 126 cm³/mol. The summed E-state index contributed by atoms with van der Waals surface area (Å²) in [6.45, 7) is 12.2. The lowest BCUT2D eigenvalue weighted by Crippen LogP contribution is -2.48. The maximum atomic E-state index is 13.3. The van der Waals surface area contributed by atoms with Gasteiger partial charge in [0.2, 0.25) is 0 Å². The molecule has 0 N–H and O–H groups in total. The minimum absolute atomic E-state index is 0.0520. The fourth-order valence-electron chi connectivity index (χ4n) is 5.15. The zero-order valence-electron chi connectivity index (χ0n) is 19.3. The van der Waals surface area contributed by atoms with Crippen LogP contribution in [0.3, 0.4) is 0 Å². The molecule has 1 amide bonds. The molecule has 0 saturated carbocycles. The molecule has 5 rings (SSSR count). The molecule has 2 aromatic heterocycles. The molecule has 1 aliphatic heterocycles. The number of morpholine rings is 1. The van der Waals surface area contributed by atoms with Crippen LogP contribution in [0.1, 0.15) is 42.6 Å². The molecule has 0 unspecified atom stereocenters. The van der Waals surface area contributed by atoms with Crippen LogP contribution in [-0.4, -0.2) is 45.8 Å². The number of carbonyl (C=O) groups excluding carboxylic acids is 1.